The van der Waals surface area contributed by atoms with Gasteiger partial charge in [0.1, 0.15) is 21.3 Å². The van der Waals surface area contributed by atoms with Crippen LogP contribution in [0, 0.1) is 19.8 Å². The van der Waals surface area contributed by atoms with Crippen molar-refractivity contribution in [2.75, 3.05) is 12.4 Å². The predicted molar refractivity (Wildman–Crippen MR) is 104 cm³/mol. The fourth-order valence-electron chi connectivity index (χ4n) is 3.35. The van der Waals surface area contributed by atoms with E-state index in [9.17, 15) is 4.79 Å². The van der Waals surface area contributed by atoms with E-state index in [1.54, 1.807) is 0 Å². The Morgan fingerprint density at radius 3 is 2.62 bits per heavy atom. The topological polar surface area (TPSA) is 64.1 Å². The Balaban J connectivity index is 1.80. The molecule has 0 spiro atoms. The average Bonchev–Trinajstić information content (AvgIpc) is 3.43. The Hall–Kier alpha value is -2.47. The van der Waals surface area contributed by atoms with Gasteiger partial charge in [-0.1, -0.05) is 30.3 Å². The zero-order valence-corrected chi connectivity index (χ0v) is 15.9. The van der Waals surface area contributed by atoms with E-state index in [1.807, 2.05) is 19.9 Å². The van der Waals surface area contributed by atoms with Crippen LogP contribution >= 0.6 is 11.3 Å². The van der Waals surface area contributed by atoms with Crippen LogP contribution < -0.4 is 5.32 Å². The van der Waals surface area contributed by atoms with Gasteiger partial charge in [-0.3, -0.25) is 0 Å². The summed E-state index contributed by atoms with van der Waals surface area (Å²) in [6.45, 7) is 3.82. The van der Waals surface area contributed by atoms with Gasteiger partial charge in [0.15, 0.2) is 0 Å². The van der Waals surface area contributed by atoms with Crippen molar-refractivity contribution in [2.45, 2.75) is 32.7 Å². The van der Waals surface area contributed by atoms with Crippen molar-refractivity contribution in [3.8, 4) is 0 Å². The van der Waals surface area contributed by atoms with Gasteiger partial charge >= 0.3 is 5.97 Å². The summed E-state index contributed by atoms with van der Waals surface area (Å²) in [5.41, 5.74) is 2.14. The van der Waals surface area contributed by atoms with Crippen molar-refractivity contribution in [2.24, 2.45) is 5.92 Å². The van der Waals surface area contributed by atoms with Gasteiger partial charge in [-0.25, -0.2) is 14.8 Å². The lowest BCUT2D eigenvalue weighted by Gasteiger charge is -2.20. The molecule has 1 atom stereocenters. The van der Waals surface area contributed by atoms with E-state index in [0.29, 0.717) is 16.6 Å². The second-order valence-electron chi connectivity index (χ2n) is 6.72. The minimum absolute atomic E-state index is 0.217. The number of nitrogens with one attached hydrogen (secondary N) is 1. The third kappa shape index (κ3) is 3.05. The number of benzene rings is 1. The van der Waals surface area contributed by atoms with Crippen molar-refractivity contribution < 1.29 is 9.53 Å². The number of aryl methyl sites for hydroxylation is 2. The highest BCUT2D eigenvalue weighted by atomic mass is 32.1. The number of hydrogen-bond donors (Lipinski definition) is 1. The number of aromatic nitrogens is 2. The molecule has 0 bridgehead atoms. The van der Waals surface area contributed by atoms with Crippen LogP contribution in [0.3, 0.4) is 0 Å². The molecule has 6 heteroatoms. The van der Waals surface area contributed by atoms with E-state index in [2.05, 4.69) is 39.6 Å². The van der Waals surface area contributed by atoms with Crippen LogP contribution in [0.25, 0.3) is 10.2 Å². The molecule has 1 N–H and O–H groups in total. The van der Waals surface area contributed by atoms with E-state index < -0.39 is 0 Å². The Kier molecular flexibility index (Phi) is 4.36. The molecule has 1 aromatic carbocycles. The van der Waals surface area contributed by atoms with Crippen molar-refractivity contribution in [1.82, 2.24) is 9.97 Å². The van der Waals surface area contributed by atoms with Crippen molar-refractivity contribution in [3.05, 3.63) is 52.2 Å². The fourth-order valence-corrected chi connectivity index (χ4v) is 4.49. The number of rotatable bonds is 5. The van der Waals surface area contributed by atoms with Crippen molar-refractivity contribution in [1.29, 1.82) is 0 Å². The van der Waals surface area contributed by atoms with Gasteiger partial charge in [-0.15, -0.1) is 11.3 Å². The average molecular weight is 367 g/mol. The van der Waals surface area contributed by atoms with Gasteiger partial charge in [0.2, 0.25) is 0 Å². The molecule has 2 heterocycles. The highest BCUT2D eigenvalue weighted by molar-refractivity contribution is 7.20. The molecule has 0 aliphatic heterocycles. The summed E-state index contributed by atoms with van der Waals surface area (Å²) in [5, 5.41) is 4.57. The normalized spacial score (nSPS) is 15.0. The molecule has 1 aliphatic rings. The molecule has 134 valence electrons. The number of hydrogen-bond acceptors (Lipinski definition) is 6. The van der Waals surface area contributed by atoms with Crippen LogP contribution in [0.2, 0.25) is 0 Å². The molecule has 5 nitrogen and oxygen atoms in total. The number of methoxy groups -OCH3 is 1. The maximum Gasteiger partial charge on any atom is 0.348 e. The Morgan fingerprint density at radius 1 is 1.23 bits per heavy atom. The smallest absolute Gasteiger partial charge is 0.348 e. The van der Waals surface area contributed by atoms with E-state index >= 15 is 0 Å². The predicted octanol–water partition coefficient (Wildman–Crippen LogP) is 4.66. The third-order valence-corrected chi connectivity index (χ3v) is 5.98. The van der Waals surface area contributed by atoms with Gasteiger partial charge in [-0.2, -0.15) is 0 Å². The fraction of sp³-hybridized carbons (Fsp3) is 0.350. The molecular formula is C20H21N3O2S. The highest BCUT2D eigenvalue weighted by Gasteiger charge is 2.33. The van der Waals surface area contributed by atoms with Crippen molar-refractivity contribution >= 4 is 33.3 Å². The molecular weight excluding hydrogens is 346 g/mol. The molecule has 0 saturated heterocycles. The quantitative estimate of drug-likeness (QED) is 0.665. The van der Waals surface area contributed by atoms with Crippen molar-refractivity contribution in [3.63, 3.8) is 0 Å². The molecule has 26 heavy (non-hydrogen) atoms. The molecule has 0 radical (unpaired) electrons. The zero-order chi connectivity index (χ0) is 18.3. The van der Waals surface area contributed by atoms with E-state index in [1.165, 1.54) is 36.9 Å². The number of nitrogens with zero attached hydrogens (tertiary/aromatic N) is 2. The summed E-state index contributed by atoms with van der Waals surface area (Å²) >= 11 is 1.37. The molecule has 4 rings (SSSR count). The number of anilines is 1. The SMILES string of the molecule is COC(=O)c1sc2nc(C)nc(N[C@H](c3ccccc3)C3CC3)c2c1C. The summed E-state index contributed by atoms with van der Waals surface area (Å²) in [6, 6.07) is 10.7. The molecule has 2 aromatic heterocycles. The molecule has 0 unspecified atom stereocenters. The van der Waals surface area contributed by atoms with Gasteiger partial charge in [-0.05, 0) is 43.7 Å². The third-order valence-electron chi connectivity index (χ3n) is 4.82. The molecule has 0 amide bonds. The standard InChI is InChI=1S/C20H21N3O2S/c1-11-15-18(21-12(2)22-19(15)26-17(11)20(24)25-3)23-16(14-9-10-14)13-7-5-4-6-8-13/h4-8,14,16H,9-10H2,1-3H3,(H,21,22,23)/t16-/m1/s1. The van der Waals surface area contributed by atoms with Gasteiger partial charge in [0.25, 0.3) is 0 Å². The van der Waals surface area contributed by atoms with Crippen LogP contribution in [0.1, 0.15) is 45.5 Å². The zero-order valence-electron chi connectivity index (χ0n) is 15.1. The molecule has 1 fully saturated rings. The van der Waals surface area contributed by atoms with Crippen LogP contribution in [0.5, 0.6) is 0 Å². The van der Waals surface area contributed by atoms with Gasteiger partial charge < -0.3 is 10.1 Å². The Bertz CT molecular complexity index is 964. The van der Waals surface area contributed by atoms with Crippen LogP contribution in [0.4, 0.5) is 5.82 Å². The lowest BCUT2D eigenvalue weighted by atomic mass is 10.0. The van der Waals surface area contributed by atoms with E-state index in [-0.39, 0.29) is 12.0 Å². The number of fused-ring (bicyclic) bond motifs is 1. The highest BCUT2D eigenvalue weighted by Crippen LogP contribution is 2.44. The van der Waals surface area contributed by atoms with Crippen LogP contribution in [-0.4, -0.2) is 23.0 Å². The van der Waals surface area contributed by atoms with Crippen LogP contribution in [0.15, 0.2) is 30.3 Å². The molecule has 1 saturated carbocycles. The minimum atomic E-state index is -0.323. The first-order chi connectivity index (χ1) is 12.6. The summed E-state index contributed by atoms with van der Waals surface area (Å²) < 4.78 is 4.92. The number of ether oxygens (including phenoxy) is 1. The van der Waals surface area contributed by atoms with E-state index in [4.69, 9.17) is 4.74 Å². The summed E-state index contributed by atoms with van der Waals surface area (Å²) in [6.07, 6.45) is 2.44. The second kappa shape index (κ2) is 6.68. The van der Waals surface area contributed by atoms with E-state index in [0.717, 1.165) is 21.6 Å². The summed E-state index contributed by atoms with van der Waals surface area (Å²) in [7, 11) is 1.40. The first-order valence-electron chi connectivity index (χ1n) is 8.76. The number of carbonyl (C=O) groups excluding carboxylic acids is 1. The second-order valence-corrected chi connectivity index (χ2v) is 7.72. The molecule has 1 aliphatic carbocycles. The largest absolute Gasteiger partial charge is 0.465 e. The minimum Gasteiger partial charge on any atom is -0.465 e. The van der Waals surface area contributed by atoms with Gasteiger partial charge in [0.05, 0.1) is 18.5 Å². The Morgan fingerprint density at radius 2 is 1.96 bits per heavy atom. The lowest BCUT2D eigenvalue weighted by molar-refractivity contribution is 0.0605. The van der Waals surface area contributed by atoms with Crippen LogP contribution in [-0.2, 0) is 4.74 Å². The first-order valence-corrected chi connectivity index (χ1v) is 9.57. The molecule has 3 aromatic rings. The first kappa shape index (κ1) is 17.0. The summed E-state index contributed by atoms with van der Waals surface area (Å²) in [5.74, 6) is 1.79. The summed E-state index contributed by atoms with van der Waals surface area (Å²) in [4.78, 5) is 22.7. The number of esters is 1. The number of thiophene rings is 1. The number of carbonyl (C=O) groups is 1. The maximum absolute atomic E-state index is 12.1. The maximum atomic E-state index is 12.1. The Labute approximate surface area is 156 Å². The monoisotopic (exact) mass is 367 g/mol. The van der Waals surface area contributed by atoms with Gasteiger partial charge in [0, 0.05) is 0 Å². The lowest BCUT2D eigenvalue weighted by Crippen LogP contribution is -2.14.